The van der Waals surface area contributed by atoms with Crippen LogP contribution in [0, 0.1) is 10.6 Å². The highest BCUT2D eigenvalue weighted by Crippen LogP contribution is 2.39. The zero-order valence-corrected chi connectivity index (χ0v) is 31.8. The molecule has 0 unspecified atom stereocenters. The molecule has 0 spiro atoms. The third-order valence-corrected chi connectivity index (χ3v) is 9.70. The van der Waals surface area contributed by atoms with Crippen molar-refractivity contribution in [3.05, 3.63) is 86.6 Å². The number of ether oxygens (including phenoxy) is 3. The molecule has 0 atom stereocenters. The number of piperazine rings is 1. The van der Waals surface area contributed by atoms with Gasteiger partial charge in [0, 0.05) is 81.4 Å². The zero-order chi connectivity index (χ0) is 39.1. The number of methoxy groups -OCH3 is 3. The highest BCUT2D eigenvalue weighted by molar-refractivity contribution is 7.71. The topological polar surface area (TPSA) is 192 Å². The van der Waals surface area contributed by atoms with Gasteiger partial charge >= 0.3 is 5.97 Å². The molecule has 0 radical (unpaired) electrons. The lowest BCUT2D eigenvalue weighted by Crippen LogP contribution is -2.46. The zero-order valence-electron chi connectivity index (χ0n) is 31.0. The Kier molecular flexibility index (Phi) is 12.8. The number of H-pyrrole nitrogens is 1. The maximum Gasteiger partial charge on any atom is 0.341 e. The fourth-order valence-corrected chi connectivity index (χ4v) is 6.26. The number of halogens is 1. The number of hydrogen-bond acceptors (Lipinski definition) is 12. The molecule has 0 amide bonds. The smallest absolute Gasteiger partial charge is 0.341 e. The molecule has 2 fully saturated rings. The van der Waals surface area contributed by atoms with Crippen molar-refractivity contribution in [3.63, 3.8) is 0 Å². The first kappa shape index (κ1) is 39.5. The van der Waals surface area contributed by atoms with Gasteiger partial charge in [0.1, 0.15) is 17.2 Å². The Labute approximate surface area is 316 Å². The maximum atomic E-state index is 14.8. The van der Waals surface area contributed by atoms with Crippen molar-refractivity contribution in [2.75, 3.05) is 70.4 Å². The van der Waals surface area contributed by atoms with Gasteiger partial charge in [0.05, 0.1) is 32.5 Å². The number of benzene rings is 2. The minimum atomic E-state index is -1.27. The summed E-state index contributed by atoms with van der Waals surface area (Å²) in [6.45, 7) is 6.31. The average molecular weight is 764 g/mol. The molecule has 6 N–H and O–H groups in total. The van der Waals surface area contributed by atoms with Crippen molar-refractivity contribution in [3.8, 4) is 17.2 Å². The molecule has 3 aromatic heterocycles. The van der Waals surface area contributed by atoms with Crippen molar-refractivity contribution < 1.29 is 28.5 Å². The van der Waals surface area contributed by atoms with E-state index in [1.54, 1.807) is 33.6 Å². The number of aryl methyl sites for hydroxylation is 1. The molecule has 1 saturated heterocycles. The number of carboxylic acid groups (broad SMARTS) is 1. The van der Waals surface area contributed by atoms with Crippen LogP contribution in [0.1, 0.15) is 47.3 Å². The van der Waals surface area contributed by atoms with E-state index in [1.165, 1.54) is 12.3 Å². The predicted octanol–water partition coefficient (Wildman–Crippen LogP) is 4.66. The van der Waals surface area contributed by atoms with Crippen LogP contribution in [-0.2, 0) is 13.5 Å². The molecule has 1 aliphatic carbocycles. The summed E-state index contributed by atoms with van der Waals surface area (Å²) < 4.78 is 35.2. The number of rotatable bonds is 9. The van der Waals surface area contributed by atoms with E-state index in [2.05, 4.69) is 26.8 Å². The number of aromatic carboxylic acids is 1. The van der Waals surface area contributed by atoms with Crippen LogP contribution in [0.5, 0.6) is 17.2 Å². The normalized spacial score (nSPS) is 14.1. The first-order chi connectivity index (χ1) is 25.9. The van der Waals surface area contributed by atoms with E-state index in [1.807, 2.05) is 45.6 Å². The molecule has 17 heteroatoms. The van der Waals surface area contributed by atoms with E-state index < -0.39 is 17.2 Å². The number of carboxylic acids is 1. The van der Waals surface area contributed by atoms with Crippen molar-refractivity contribution in [1.82, 2.24) is 29.0 Å². The summed E-state index contributed by atoms with van der Waals surface area (Å²) in [4.78, 5) is 39.0. The number of nitrogens with zero attached hydrogens (tertiary/aromatic N) is 6. The lowest BCUT2D eigenvalue weighted by Gasteiger charge is -2.35. The molecule has 54 heavy (non-hydrogen) atoms. The Morgan fingerprint density at radius 1 is 1.06 bits per heavy atom. The molecule has 1 aliphatic heterocycles. The number of aromatic nitrogens is 5. The fourth-order valence-electron chi connectivity index (χ4n) is 6.13. The van der Waals surface area contributed by atoms with Crippen LogP contribution >= 0.6 is 12.2 Å². The number of hydrogen-bond donors (Lipinski definition) is 4. The highest BCUT2D eigenvalue weighted by atomic mass is 32.1. The first-order valence-electron chi connectivity index (χ1n) is 17.3. The minimum Gasteiger partial charge on any atom is -0.493 e. The average Bonchev–Trinajstić information content (AvgIpc) is 3.95. The molecule has 2 aromatic carbocycles. The molecular weight excluding hydrogens is 718 g/mol. The van der Waals surface area contributed by atoms with E-state index >= 15 is 0 Å². The number of imidazole rings is 1. The second kappa shape index (κ2) is 17.4. The van der Waals surface area contributed by atoms with Crippen molar-refractivity contribution in [2.24, 2.45) is 7.05 Å². The number of likely N-dealkylation sites (N-methyl/N-ethyl adjacent to an activating group) is 1. The monoisotopic (exact) mass is 763 g/mol. The maximum absolute atomic E-state index is 14.8. The van der Waals surface area contributed by atoms with Crippen LogP contribution in [0.2, 0.25) is 0 Å². The van der Waals surface area contributed by atoms with Crippen molar-refractivity contribution in [2.45, 2.75) is 32.2 Å². The van der Waals surface area contributed by atoms with E-state index in [4.69, 9.17) is 37.9 Å². The Bertz CT molecular complexity index is 2200. The van der Waals surface area contributed by atoms with Crippen LogP contribution in [0.15, 0.2) is 53.8 Å². The van der Waals surface area contributed by atoms with Crippen LogP contribution < -0.4 is 36.0 Å². The van der Waals surface area contributed by atoms with Gasteiger partial charge in [0.25, 0.3) is 0 Å². The summed E-state index contributed by atoms with van der Waals surface area (Å²) in [6, 6.07) is 6.84. The predicted molar refractivity (Wildman–Crippen MR) is 208 cm³/mol. The molecule has 7 rings (SSSR count). The van der Waals surface area contributed by atoms with Crippen molar-refractivity contribution >= 4 is 46.5 Å². The molecule has 15 nitrogen and oxygen atoms in total. The summed E-state index contributed by atoms with van der Waals surface area (Å²) in [6.07, 6.45) is 9.13. The Hall–Kier alpha value is -5.68. The van der Waals surface area contributed by atoms with Gasteiger partial charge in [-0.15, -0.1) is 0 Å². The van der Waals surface area contributed by atoms with Crippen LogP contribution in [0.3, 0.4) is 0 Å². The molecule has 4 heterocycles. The Morgan fingerprint density at radius 2 is 1.72 bits per heavy atom. The Morgan fingerprint density at radius 3 is 2.20 bits per heavy atom. The van der Waals surface area contributed by atoms with E-state index in [0.29, 0.717) is 40.7 Å². The van der Waals surface area contributed by atoms with E-state index in [9.17, 15) is 19.1 Å². The minimum absolute atomic E-state index is 0.144. The number of nitrogens with two attached hydrogens (primary N) is 2. The van der Waals surface area contributed by atoms with Crippen LogP contribution in [-0.4, -0.2) is 94.1 Å². The first-order valence-corrected chi connectivity index (χ1v) is 17.7. The number of pyridine rings is 1. The summed E-state index contributed by atoms with van der Waals surface area (Å²) in [5.74, 6) is 0.488. The van der Waals surface area contributed by atoms with E-state index in [0.717, 1.165) is 61.5 Å². The molecule has 288 valence electrons. The molecule has 2 aliphatic rings. The summed E-state index contributed by atoms with van der Waals surface area (Å²) in [5.41, 5.74) is 13.2. The number of nitrogen functional groups attached to an aromatic ring is 2. The third kappa shape index (κ3) is 9.09. The van der Waals surface area contributed by atoms with Gasteiger partial charge in [-0.25, -0.2) is 14.2 Å². The van der Waals surface area contributed by atoms with Gasteiger partial charge in [-0.05, 0) is 61.4 Å². The van der Waals surface area contributed by atoms with Gasteiger partial charge in [0.2, 0.25) is 17.1 Å². The largest absolute Gasteiger partial charge is 0.493 e. The number of nitrogens with one attached hydrogen (secondary N) is 1. The lowest BCUT2D eigenvalue weighted by molar-refractivity contribution is 0.0694. The quantitative estimate of drug-likeness (QED) is 0.152. The number of carbonyl (C=O) groups is 1. The van der Waals surface area contributed by atoms with Gasteiger partial charge < -0.3 is 54.7 Å². The fraction of sp³-hybridized carbons (Fsp3) is 0.378. The molecular formula is C37H46FN9O6S. The standard InChI is InChI=1S/C19H22FN3O3.C14H18N4O3.C4H6N2S/c1-2-21-5-7-22(8-6-21)17-10-16-13(9-15(17)20)18(24)14(19(25)26)11-23(16)12-3-4-12;1-19-10-5-8(6-11(20-2)12(10)21-3)4-9-7-17-14(16)18-13(9)15;1-6-3-2-5-4(6)7/h9-12H,2-8H2,1H3,(H,25,26);5-7H,4H2,1-3H3,(H4,15,16,17,18);2-3H,1H3,(H,5,7). The number of anilines is 3. The summed E-state index contributed by atoms with van der Waals surface area (Å²) in [7, 11) is 6.61. The number of aromatic amines is 1. The SMILES string of the molecule is CCN1CCN(c2cc3c(cc2F)c(=O)c(C(=O)O)cn3C2CC2)CC1.COc1cc(Cc2cnc(N)nc2N)cc(OC)c1OC.Cn1cc[nH]c1=S. The van der Waals surface area contributed by atoms with Gasteiger partial charge in [-0.3, -0.25) is 4.79 Å². The number of fused-ring (bicyclic) bond motifs is 1. The van der Waals surface area contributed by atoms with Gasteiger partial charge in [-0.2, -0.15) is 4.98 Å². The highest BCUT2D eigenvalue weighted by Gasteiger charge is 2.28. The molecule has 0 bridgehead atoms. The second-order valence-corrected chi connectivity index (χ2v) is 13.2. The Balaban J connectivity index is 0.000000179. The third-order valence-electron chi connectivity index (χ3n) is 9.29. The van der Waals surface area contributed by atoms with Crippen LogP contribution in [0.4, 0.5) is 21.8 Å². The van der Waals surface area contributed by atoms with Crippen LogP contribution in [0.25, 0.3) is 10.9 Å². The van der Waals surface area contributed by atoms with Gasteiger partial charge in [0.15, 0.2) is 16.3 Å². The van der Waals surface area contributed by atoms with E-state index in [-0.39, 0.29) is 22.9 Å². The summed E-state index contributed by atoms with van der Waals surface area (Å²) >= 11 is 4.79. The second-order valence-electron chi connectivity index (χ2n) is 12.8. The van der Waals surface area contributed by atoms with Gasteiger partial charge in [-0.1, -0.05) is 6.92 Å². The molecule has 1 saturated carbocycles. The lowest BCUT2D eigenvalue weighted by atomic mass is 10.1. The molecule has 5 aromatic rings. The summed E-state index contributed by atoms with van der Waals surface area (Å²) in [5, 5.41) is 9.45. The van der Waals surface area contributed by atoms with Crippen molar-refractivity contribution in [1.29, 1.82) is 0 Å².